The van der Waals surface area contributed by atoms with Crippen LogP contribution in [0, 0.1) is 13.8 Å². The Morgan fingerprint density at radius 2 is 1.61 bits per heavy atom. The summed E-state index contributed by atoms with van der Waals surface area (Å²) in [5.74, 6) is -0.956. The number of nitrogens with one attached hydrogen (secondary N) is 1. The van der Waals surface area contributed by atoms with Crippen molar-refractivity contribution in [3.05, 3.63) is 83.2 Å². The molecule has 0 fully saturated rings. The first-order valence-electron chi connectivity index (χ1n) is 9.64. The maximum atomic E-state index is 12.8. The third kappa shape index (κ3) is 5.21. The lowest BCUT2D eigenvalue weighted by atomic mass is 10.1. The minimum atomic E-state index is -3.41. The summed E-state index contributed by atoms with van der Waals surface area (Å²) in [7, 11) is -3.41. The molecule has 1 aromatic heterocycles. The summed E-state index contributed by atoms with van der Waals surface area (Å²) in [6.45, 7) is 5.24. The Hall–Kier alpha value is -3.39. The second kappa shape index (κ2) is 8.77. The SMILES string of the molecule is Cc1cc(C(=O)OC(C)C(=O)c2ccc(NS(C)(=O)=O)cc2)c(C)n1-c1ccccc1. The van der Waals surface area contributed by atoms with Gasteiger partial charge in [-0.15, -0.1) is 0 Å². The highest BCUT2D eigenvalue weighted by atomic mass is 32.2. The maximum absolute atomic E-state index is 12.8. The fraction of sp³-hybridized carbons (Fsp3) is 0.217. The number of para-hydroxylation sites is 1. The van der Waals surface area contributed by atoms with Gasteiger partial charge in [0.05, 0.1) is 11.8 Å². The molecule has 0 spiro atoms. The van der Waals surface area contributed by atoms with Gasteiger partial charge in [-0.3, -0.25) is 9.52 Å². The van der Waals surface area contributed by atoms with E-state index >= 15 is 0 Å². The Balaban J connectivity index is 1.74. The van der Waals surface area contributed by atoms with Gasteiger partial charge >= 0.3 is 5.97 Å². The minimum absolute atomic E-state index is 0.314. The molecule has 0 aliphatic carbocycles. The number of sulfonamides is 1. The van der Waals surface area contributed by atoms with Crippen LogP contribution in [0.1, 0.15) is 39.0 Å². The van der Waals surface area contributed by atoms with Crippen molar-refractivity contribution in [3.8, 4) is 5.69 Å². The maximum Gasteiger partial charge on any atom is 0.340 e. The topological polar surface area (TPSA) is 94.5 Å². The monoisotopic (exact) mass is 440 g/mol. The van der Waals surface area contributed by atoms with Crippen LogP contribution in [0.15, 0.2) is 60.7 Å². The highest BCUT2D eigenvalue weighted by Gasteiger charge is 2.24. The number of nitrogens with zero attached hydrogens (tertiary/aromatic N) is 1. The van der Waals surface area contributed by atoms with Crippen LogP contribution in [0.5, 0.6) is 0 Å². The third-order valence-electron chi connectivity index (χ3n) is 4.79. The molecule has 8 heteroatoms. The molecule has 3 aromatic rings. The number of rotatable bonds is 7. The van der Waals surface area contributed by atoms with Crippen LogP contribution in [-0.4, -0.2) is 37.1 Å². The van der Waals surface area contributed by atoms with Crippen LogP contribution in [0.3, 0.4) is 0 Å². The highest BCUT2D eigenvalue weighted by Crippen LogP contribution is 2.22. The fourth-order valence-corrected chi connectivity index (χ4v) is 3.94. The van der Waals surface area contributed by atoms with Crippen LogP contribution < -0.4 is 4.72 Å². The summed E-state index contributed by atoms with van der Waals surface area (Å²) in [6, 6.07) is 17.3. The number of aryl methyl sites for hydroxylation is 1. The summed E-state index contributed by atoms with van der Waals surface area (Å²) >= 11 is 0. The summed E-state index contributed by atoms with van der Waals surface area (Å²) < 4.78 is 32.3. The summed E-state index contributed by atoms with van der Waals surface area (Å²) in [4.78, 5) is 25.4. The number of carbonyl (C=O) groups is 2. The lowest BCUT2D eigenvalue weighted by Gasteiger charge is -2.13. The first-order valence-corrected chi connectivity index (χ1v) is 11.5. The summed E-state index contributed by atoms with van der Waals surface area (Å²) in [5.41, 5.74) is 3.59. The Morgan fingerprint density at radius 1 is 1.00 bits per heavy atom. The number of ketones is 1. The van der Waals surface area contributed by atoms with Crippen LogP contribution in [0.25, 0.3) is 5.69 Å². The van der Waals surface area contributed by atoms with Crippen LogP contribution in [0.4, 0.5) is 5.69 Å². The number of aromatic nitrogens is 1. The molecule has 0 amide bonds. The molecular weight excluding hydrogens is 416 g/mol. The molecule has 0 aliphatic heterocycles. The zero-order valence-corrected chi connectivity index (χ0v) is 18.6. The van der Waals surface area contributed by atoms with E-state index in [-0.39, 0.29) is 5.78 Å². The predicted molar refractivity (Wildman–Crippen MR) is 119 cm³/mol. The molecule has 0 saturated carbocycles. The number of hydrogen-bond donors (Lipinski definition) is 1. The quantitative estimate of drug-likeness (QED) is 0.444. The van der Waals surface area contributed by atoms with Crippen molar-refractivity contribution >= 4 is 27.5 Å². The predicted octanol–water partition coefficient (Wildman–Crippen LogP) is 3.89. The Labute approximate surface area is 181 Å². The third-order valence-corrected chi connectivity index (χ3v) is 5.40. The van der Waals surface area contributed by atoms with E-state index in [1.807, 2.05) is 48.7 Å². The van der Waals surface area contributed by atoms with Gasteiger partial charge in [-0.05, 0) is 63.2 Å². The van der Waals surface area contributed by atoms with Crippen molar-refractivity contribution in [2.45, 2.75) is 26.9 Å². The molecule has 0 aliphatic rings. The average Bonchev–Trinajstić information content (AvgIpc) is 3.01. The van der Waals surface area contributed by atoms with Gasteiger partial charge in [0, 0.05) is 28.3 Å². The zero-order valence-electron chi connectivity index (χ0n) is 17.7. The van der Waals surface area contributed by atoms with Gasteiger partial charge in [-0.25, -0.2) is 13.2 Å². The minimum Gasteiger partial charge on any atom is -0.451 e. The van der Waals surface area contributed by atoms with E-state index in [0.29, 0.717) is 16.8 Å². The normalized spacial score (nSPS) is 12.3. The van der Waals surface area contributed by atoms with Crippen LogP contribution >= 0.6 is 0 Å². The van der Waals surface area contributed by atoms with Gasteiger partial charge < -0.3 is 9.30 Å². The van der Waals surface area contributed by atoms with Gasteiger partial charge in [-0.2, -0.15) is 0 Å². The number of ether oxygens (including phenoxy) is 1. The van der Waals surface area contributed by atoms with Gasteiger partial charge in [0.15, 0.2) is 6.10 Å². The molecule has 0 radical (unpaired) electrons. The standard InChI is InChI=1S/C23H24N2O5S/c1-15-14-21(16(2)25(15)20-8-6-5-7-9-20)23(27)30-17(3)22(26)18-10-12-19(13-11-18)24-31(4,28)29/h5-14,17,24H,1-4H3. The number of Topliss-reactive ketones (excluding diaryl/α,β-unsaturated/α-hetero) is 1. The Morgan fingerprint density at radius 3 is 2.19 bits per heavy atom. The van der Waals surface area contributed by atoms with Gasteiger partial charge in [0.2, 0.25) is 15.8 Å². The van der Waals surface area contributed by atoms with Crippen molar-refractivity contribution in [2.24, 2.45) is 0 Å². The van der Waals surface area contributed by atoms with Gasteiger partial charge in [0.25, 0.3) is 0 Å². The molecule has 2 aromatic carbocycles. The second-order valence-corrected chi connectivity index (χ2v) is 9.07. The van der Waals surface area contributed by atoms with E-state index in [0.717, 1.165) is 23.3 Å². The highest BCUT2D eigenvalue weighted by molar-refractivity contribution is 7.92. The van der Waals surface area contributed by atoms with E-state index in [2.05, 4.69) is 4.72 Å². The molecular formula is C23H24N2O5S. The lowest BCUT2D eigenvalue weighted by Crippen LogP contribution is -2.24. The van der Waals surface area contributed by atoms with E-state index < -0.39 is 22.1 Å². The van der Waals surface area contributed by atoms with E-state index in [1.54, 1.807) is 6.07 Å². The number of hydrogen-bond acceptors (Lipinski definition) is 5. The molecule has 3 rings (SSSR count). The van der Waals surface area contributed by atoms with Gasteiger partial charge in [-0.1, -0.05) is 18.2 Å². The first kappa shape index (κ1) is 22.3. The molecule has 1 heterocycles. The van der Waals surface area contributed by atoms with Gasteiger partial charge in [0.1, 0.15) is 0 Å². The first-order chi connectivity index (χ1) is 14.6. The second-order valence-electron chi connectivity index (χ2n) is 7.32. The Bertz CT molecular complexity index is 1210. The smallest absolute Gasteiger partial charge is 0.340 e. The molecule has 31 heavy (non-hydrogen) atoms. The number of esters is 1. The molecule has 1 N–H and O–H groups in total. The van der Waals surface area contributed by atoms with Crippen LogP contribution in [-0.2, 0) is 14.8 Å². The van der Waals surface area contributed by atoms with Crippen LogP contribution in [0.2, 0.25) is 0 Å². The molecule has 7 nitrogen and oxygen atoms in total. The summed E-state index contributed by atoms with van der Waals surface area (Å²) in [6.07, 6.45) is 0.0449. The van der Waals surface area contributed by atoms with E-state index in [4.69, 9.17) is 4.74 Å². The van der Waals surface area contributed by atoms with Crippen molar-refractivity contribution in [3.63, 3.8) is 0 Å². The summed E-state index contributed by atoms with van der Waals surface area (Å²) in [5, 5.41) is 0. The number of carbonyl (C=O) groups excluding carboxylic acids is 2. The molecule has 162 valence electrons. The van der Waals surface area contributed by atoms with Crippen molar-refractivity contribution in [1.29, 1.82) is 0 Å². The van der Waals surface area contributed by atoms with Crippen molar-refractivity contribution in [1.82, 2.24) is 4.57 Å². The van der Waals surface area contributed by atoms with Crippen molar-refractivity contribution in [2.75, 3.05) is 11.0 Å². The molecule has 0 bridgehead atoms. The van der Waals surface area contributed by atoms with E-state index in [1.165, 1.54) is 31.2 Å². The number of benzene rings is 2. The molecule has 1 unspecified atom stereocenters. The largest absolute Gasteiger partial charge is 0.451 e. The van der Waals surface area contributed by atoms with Crippen molar-refractivity contribution < 1.29 is 22.7 Å². The average molecular weight is 441 g/mol. The molecule has 1 atom stereocenters. The zero-order chi connectivity index (χ0) is 22.8. The lowest BCUT2D eigenvalue weighted by molar-refractivity contribution is 0.0318. The fourth-order valence-electron chi connectivity index (χ4n) is 3.37. The van der Waals surface area contributed by atoms with E-state index in [9.17, 15) is 18.0 Å². The Kier molecular flexibility index (Phi) is 6.31. The number of anilines is 1. The molecule has 0 saturated heterocycles.